The quantitative estimate of drug-likeness (QED) is 0.678. The highest BCUT2D eigenvalue weighted by atomic mass is 16.2. The number of piperazine rings is 1. The van der Waals surface area contributed by atoms with Crippen molar-refractivity contribution in [2.75, 3.05) is 52.4 Å². The summed E-state index contributed by atoms with van der Waals surface area (Å²) in [5.74, 6) is -0.0348. The number of nitrogens with two attached hydrogens (primary N) is 1. The van der Waals surface area contributed by atoms with E-state index in [2.05, 4.69) is 4.90 Å². The normalized spacial score (nSPS) is 22.3. The average molecular weight is 254 g/mol. The Hall–Kier alpha value is -1.14. The van der Waals surface area contributed by atoms with Crippen LogP contribution in [-0.4, -0.2) is 78.9 Å². The van der Waals surface area contributed by atoms with Crippen molar-refractivity contribution >= 4 is 11.8 Å². The maximum Gasteiger partial charge on any atom is 0.236 e. The van der Waals surface area contributed by atoms with E-state index in [1.165, 1.54) is 0 Å². The highest BCUT2D eigenvalue weighted by molar-refractivity contribution is 5.78. The molecular weight excluding hydrogens is 232 g/mol. The molecule has 102 valence electrons. The lowest BCUT2D eigenvalue weighted by molar-refractivity contribution is -0.132. The van der Waals surface area contributed by atoms with Gasteiger partial charge in [-0.25, -0.2) is 0 Å². The van der Waals surface area contributed by atoms with Crippen LogP contribution in [0.5, 0.6) is 0 Å². The molecular formula is C12H22N4O2. The van der Waals surface area contributed by atoms with Crippen LogP contribution >= 0.6 is 0 Å². The molecule has 2 rings (SSSR count). The van der Waals surface area contributed by atoms with Crippen LogP contribution in [0.4, 0.5) is 0 Å². The molecule has 2 aliphatic rings. The smallest absolute Gasteiger partial charge is 0.236 e. The maximum absolute atomic E-state index is 12.0. The van der Waals surface area contributed by atoms with E-state index in [0.717, 1.165) is 52.1 Å². The van der Waals surface area contributed by atoms with Crippen molar-refractivity contribution in [3.63, 3.8) is 0 Å². The zero-order valence-electron chi connectivity index (χ0n) is 10.8. The molecule has 2 aliphatic heterocycles. The molecule has 2 fully saturated rings. The number of likely N-dealkylation sites (tertiary alicyclic amines) is 1. The molecule has 6 nitrogen and oxygen atoms in total. The maximum atomic E-state index is 12.0. The highest BCUT2D eigenvalue weighted by Crippen LogP contribution is 2.09. The molecule has 2 heterocycles. The topological polar surface area (TPSA) is 69.9 Å². The Morgan fingerprint density at radius 1 is 0.833 bits per heavy atom. The largest absolute Gasteiger partial charge is 0.369 e. The van der Waals surface area contributed by atoms with Gasteiger partial charge in [-0.2, -0.15) is 0 Å². The van der Waals surface area contributed by atoms with Gasteiger partial charge in [0.25, 0.3) is 0 Å². The Bertz CT molecular complexity index is 307. The number of rotatable bonds is 4. The van der Waals surface area contributed by atoms with Gasteiger partial charge in [-0.3, -0.25) is 19.4 Å². The van der Waals surface area contributed by atoms with Gasteiger partial charge in [0.15, 0.2) is 0 Å². The van der Waals surface area contributed by atoms with Gasteiger partial charge < -0.3 is 10.6 Å². The van der Waals surface area contributed by atoms with Crippen LogP contribution in [-0.2, 0) is 9.59 Å². The average Bonchev–Trinajstić information content (AvgIpc) is 2.84. The van der Waals surface area contributed by atoms with Crippen LogP contribution in [0.2, 0.25) is 0 Å². The Morgan fingerprint density at radius 3 is 1.83 bits per heavy atom. The van der Waals surface area contributed by atoms with E-state index in [4.69, 9.17) is 5.73 Å². The molecule has 0 aliphatic carbocycles. The summed E-state index contributed by atoms with van der Waals surface area (Å²) in [6.45, 7) is 5.99. The van der Waals surface area contributed by atoms with Crippen molar-refractivity contribution < 1.29 is 9.59 Å². The van der Waals surface area contributed by atoms with Crippen molar-refractivity contribution in [1.82, 2.24) is 14.7 Å². The zero-order chi connectivity index (χ0) is 13.0. The monoisotopic (exact) mass is 254 g/mol. The van der Waals surface area contributed by atoms with Gasteiger partial charge >= 0.3 is 0 Å². The van der Waals surface area contributed by atoms with Crippen LogP contribution < -0.4 is 5.73 Å². The van der Waals surface area contributed by atoms with Crippen molar-refractivity contribution in [2.24, 2.45) is 5.73 Å². The summed E-state index contributed by atoms with van der Waals surface area (Å²) in [5, 5.41) is 0. The van der Waals surface area contributed by atoms with Gasteiger partial charge in [-0.1, -0.05) is 0 Å². The van der Waals surface area contributed by atoms with Gasteiger partial charge in [0.05, 0.1) is 13.1 Å². The first-order valence-electron chi connectivity index (χ1n) is 6.66. The Kier molecular flexibility index (Phi) is 4.54. The molecule has 0 bridgehead atoms. The molecule has 0 radical (unpaired) electrons. The fourth-order valence-corrected chi connectivity index (χ4v) is 2.58. The summed E-state index contributed by atoms with van der Waals surface area (Å²) >= 11 is 0. The molecule has 2 N–H and O–H groups in total. The van der Waals surface area contributed by atoms with Gasteiger partial charge in [0, 0.05) is 39.3 Å². The molecule has 2 saturated heterocycles. The summed E-state index contributed by atoms with van der Waals surface area (Å²) in [4.78, 5) is 28.9. The SMILES string of the molecule is NC(=O)CN1CCN(CC(=O)N2CCCC2)CC1. The Labute approximate surface area is 108 Å². The molecule has 2 amide bonds. The van der Waals surface area contributed by atoms with Crippen LogP contribution in [0.15, 0.2) is 0 Å². The minimum Gasteiger partial charge on any atom is -0.369 e. The number of carbonyl (C=O) groups excluding carboxylic acids is 2. The Balaban J connectivity index is 1.69. The van der Waals surface area contributed by atoms with Gasteiger partial charge in [-0.15, -0.1) is 0 Å². The van der Waals surface area contributed by atoms with Crippen molar-refractivity contribution in [3.8, 4) is 0 Å². The first-order valence-corrected chi connectivity index (χ1v) is 6.66. The van der Waals surface area contributed by atoms with E-state index >= 15 is 0 Å². The first-order chi connectivity index (χ1) is 8.65. The third-order valence-electron chi connectivity index (χ3n) is 3.66. The van der Waals surface area contributed by atoms with Gasteiger partial charge in [0.1, 0.15) is 0 Å². The molecule has 6 heteroatoms. The van der Waals surface area contributed by atoms with E-state index in [-0.39, 0.29) is 11.8 Å². The third kappa shape index (κ3) is 3.68. The predicted octanol–water partition coefficient (Wildman–Crippen LogP) is -1.29. The zero-order valence-corrected chi connectivity index (χ0v) is 10.8. The van der Waals surface area contributed by atoms with Crippen LogP contribution in [0.25, 0.3) is 0 Å². The number of amides is 2. The number of primary amides is 1. The predicted molar refractivity (Wildman–Crippen MR) is 67.9 cm³/mol. The molecule has 0 saturated carbocycles. The molecule has 0 aromatic carbocycles. The second-order valence-corrected chi connectivity index (χ2v) is 5.11. The number of nitrogens with zero attached hydrogens (tertiary/aromatic N) is 3. The van der Waals surface area contributed by atoms with Crippen molar-refractivity contribution in [2.45, 2.75) is 12.8 Å². The molecule has 0 aromatic rings. The van der Waals surface area contributed by atoms with Crippen LogP contribution in [0.1, 0.15) is 12.8 Å². The van der Waals surface area contributed by atoms with Crippen LogP contribution in [0.3, 0.4) is 0 Å². The molecule has 0 atom stereocenters. The lowest BCUT2D eigenvalue weighted by Crippen LogP contribution is -2.51. The minimum absolute atomic E-state index is 0.246. The third-order valence-corrected chi connectivity index (χ3v) is 3.66. The highest BCUT2D eigenvalue weighted by Gasteiger charge is 2.23. The van der Waals surface area contributed by atoms with E-state index in [9.17, 15) is 9.59 Å². The molecule has 0 spiro atoms. The van der Waals surface area contributed by atoms with Crippen LogP contribution in [0, 0.1) is 0 Å². The van der Waals surface area contributed by atoms with Crippen molar-refractivity contribution in [3.05, 3.63) is 0 Å². The summed E-state index contributed by atoms with van der Waals surface area (Å²) < 4.78 is 0. The second kappa shape index (κ2) is 6.15. The standard InChI is InChI=1S/C12H22N4O2/c13-11(17)9-14-5-7-15(8-6-14)10-12(18)16-3-1-2-4-16/h1-10H2,(H2,13,17). The van der Waals surface area contributed by atoms with Crippen molar-refractivity contribution in [1.29, 1.82) is 0 Å². The van der Waals surface area contributed by atoms with Gasteiger partial charge in [0.2, 0.25) is 11.8 Å². The lowest BCUT2D eigenvalue weighted by Gasteiger charge is -2.34. The molecule has 0 unspecified atom stereocenters. The number of hydrogen-bond donors (Lipinski definition) is 1. The minimum atomic E-state index is -0.281. The summed E-state index contributed by atoms with van der Waals surface area (Å²) in [5.41, 5.74) is 5.17. The van der Waals surface area contributed by atoms with E-state index < -0.39 is 0 Å². The van der Waals surface area contributed by atoms with E-state index in [1.807, 2.05) is 9.80 Å². The lowest BCUT2D eigenvalue weighted by atomic mass is 10.3. The summed E-state index contributed by atoms with van der Waals surface area (Å²) in [7, 11) is 0. The summed E-state index contributed by atoms with van der Waals surface area (Å²) in [6, 6.07) is 0. The molecule has 18 heavy (non-hydrogen) atoms. The number of hydrogen-bond acceptors (Lipinski definition) is 4. The molecule has 0 aromatic heterocycles. The fourth-order valence-electron chi connectivity index (χ4n) is 2.58. The van der Waals surface area contributed by atoms with E-state index in [1.54, 1.807) is 0 Å². The fraction of sp³-hybridized carbons (Fsp3) is 0.833. The number of carbonyl (C=O) groups is 2. The second-order valence-electron chi connectivity index (χ2n) is 5.11. The summed E-state index contributed by atoms with van der Waals surface area (Å²) in [6.07, 6.45) is 2.27. The van der Waals surface area contributed by atoms with Gasteiger partial charge in [-0.05, 0) is 12.8 Å². The Morgan fingerprint density at radius 2 is 1.33 bits per heavy atom. The first kappa shape index (κ1) is 13.3. The van der Waals surface area contributed by atoms with E-state index in [0.29, 0.717) is 13.1 Å².